The van der Waals surface area contributed by atoms with Crippen molar-refractivity contribution in [3.8, 4) is 0 Å². The SMILES string of the molecule is CCCCCCC(Nc1ccccc1)C(O)CO. The molecule has 102 valence electrons. The molecule has 0 heterocycles. The molecule has 2 atom stereocenters. The van der Waals surface area contributed by atoms with E-state index in [9.17, 15) is 5.11 Å². The predicted molar refractivity (Wildman–Crippen MR) is 75.7 cm³/mol. The largest absolute Gasteiger partial charge is 0.394 e. The minimum atomic E-state index is -0.702. The van der Waals surface area contributed by atoms with E-state index in [4.69, 9.17) is 5.11 Å². The first-order valence-electron chi connectivity index (χ1n) is 6.88. The smallest absolute Gasteiger partial charge is 0.0971 e. The fraction of sp³-hybridized carbons (Fsp3) is 0.600. The highest BCUT2D eigenvalue weighted by molar-refractivity contribution is 5.43. The average molecular weight is 251 g/mol. The van der Waals surface area contributed by atoms with Gasteiger partial charge in [-0.1, -0.05) is 50.8 Å². The number of rotatable bonds is 9. The Morgan fingerprint density at radius 2 is 1.83 bits per heavy atom. The van der Waals surface area contributed by atoms with Crippen LogP contribution in [0.3, 0.4) is 0 Å². The van der Waals surface area contributed by atoms with Crippen LogP contribution in [0, 0.1) is 0 Å². The summed E-state index contributed by atoms with van der Waals surface area (Å²) >= 11 is 0. The van der Waals surface area contributed by atoms with Gasteiger partial charge in [0.1, 0.15) is 0 Å². The molecule has 18 heavy (non-hydrogen) atoms. The van der Waals surface area contributed by atoms with Gasteiger partial charge in [-0.05, 0) is 18.6 Å². The predicted octanol–water partition coefficient (Wildman–Crippen LogP) is 2.79. The summed E-state index contributed by atoms with van der Waals surface area (Å²) in [7, 11) is 0. The number of benzene rings is 1. The third-order valence-electron chi connectivity index (χ3n) is 3.15. The molecule has 0 radical (unpaired) electrons. The number of hydrogen-bond donors (Lipinski definition) is 3. The number of nitrogens with one attached hydrogen (secondary N) is 1. The van der Waals surface area contributed by atoms with Crippen LogP contribution in [-0.2, 0) is 0 Å². The molecule has 0 fully saturated rings. The molecule has 1 aromatic carbocycles. The van der Waals surface area contributed by atoms with Crippen LogP contribution in [0.2, 0.25) is 0 Å². The minimum Gasteiger partial charge on any atom is -0.394 e. The van der Waals surface area contributed by atoms with Crippen molar-refractivity contribution in [3.63, 3.8) is 0 Å². The van der Waals surface area contributed by atoms with Gasteiger partial charge < -0.3 is 15.5 Å². The third kappa shape index (κ3) is 5.52. The lowest BCUT2D eigenvalue weighted by atomic mass is 10.0. The highest BCUT2D eigenvalue weighted by atomic mass is 16.3. The Morgan fingerprint density at radius 3 is 2.44 bits per heavy atom. The zero-order valence-corrected chi connectivity index (χ0v) is 11.2. The van der Waals surface area contributed by atoms with Gasteiger partial charge >= 0.3 is 0 Å². The van der Waals surface area contributed by atoms with Crippen LogP contribution < -0.4 is 5.32 Å². The van der Waals surface area contributed by atoms with Gasteiger partial charge in [0.15, 0.2) is 0 Å². The van der Waals surface area contributed by atoms with E-state index >= 15 is 0 Å². The fourth-order valence-electron chi connectivity index (χ4n) is 2.03. The normalized spacial score (nSPS) is 14.2. The van der Waals surface area contributed by atoms with Gasteiger partial charge in [-0.2, -0.15) is 0 Å². The maximum absolute atomic E-state index is 9.82. The molecule has 2 unspecified atom stereocenters. The van der Waals surface area contributed by atoms with E-state index in [2.05, 4.69) is 12.2 Å². The van der Waals surface area contributed by atoms with Crippen LogP contribution in [0.25, 0.3) is 0 Å². The summed E-state index contributed by atoms with van der Waals surface area (Å²) in [5, 5.41) is 22.2. The average Bonchev–Trinajstić information content (AvgIpc) is 2.42. The molecule has 0 aliphatic heterocycles. The van der Waals surface area contributed by atoms with Crippen LogP contribution in [0.4, 0.5) is 5.69 Å². The Labute approximate surface area is 110 Å². The van der Waals surface area contributed by atoms with Crippen LogP contribution in [0.15, 0.2) is 30.3 Å². The lowest BCUT2D eigenvalue weighted by Gasteiger charge is -2.24. The Balaban J connectivity index is 2.45. The zero-order chi connectivity index (χ0) is 13.2. The molecule has 0 saturated carbocycles. The highest BCUT2D eigenvalue weighted by Crippen LogP contribution is 2.14. The third-order valence-corrected chi connectivity index (χ3v) is 3.15. The van der Waals surface area contributed by atoms with Crippen molar-refractivity contribution in [1.29, 1.82) is 0 Å². The summed E-state index contributed by atoms with van der Waals surface area (Å²) in [4.78, 5) is 0. The van der Waals surface area contributed by atoms with Gasteiger partial charge in [-0.25, -0.2) is 0 Å². The lowest BCUT2D eigenvalue weighted by molar-refractivity contribution is 0.0766. The fourth-order valence-corrected chi connectivity index (χ4v) is 2.03. The molecule has 0 spiro atoms. The molecule has 3 N–H and O–H groups in total. The maximum Gasteiger partial charge on any atom is 0.0971 e. The number of hydrogen-bond acceptors (Lipinski definition) is 3. The molecule has 1 aromatic rings. The van der Waals surface area contributed by atoms with E-state index < -0.39 is 6.10 Å². The van der Waals surface area contributed by atoms with E-state index in [0.29, 0.717) is 0 Å². The molecule has 0 aliphatic rings. The number of aliphatic hydroxyl groups is 2. The van der Waals surface area contributed by atoms with E-state index in [1.54, 1.807) is 0 Å². The second kappa shape index (κ2) is 8.95. The summed E-state index contributed by atoms with van der Waals surface area (Å²) in [5.74, 6) is 0. The Bertz CT molecular complexity index is 303. The number of aliphatic hydroxyl groups excluding tert-OH is 2. The summed E-state index contributed by atoms with van der Waals surface area (Å²) in [6, 6.07) is 9.76. The van der Waals surface area contributed by atoms with Gasteiger partial charge in [-0.3, -0.25) is 0 Å². The first-order valence-corrected chi connectivity index (χ1v) is 6.88. The number of unbranched alkanes of at least 4 members (excludes halogenated alkanes) is 3. The van der Waals surface area contributed by atoms with Crippen molar-refractivity contribution < 1.29 is 10.2 Å². The molecule has 0 saturated heterocycles. The van der Waals surface area contributed by atoms with Crippen molar-refractivity contribution in [2.24, 2.45) is 0 Å². The number of anilines is 1. The first-order chi connectivity index (χ1) is 8.77. The monoisotopic (exact) mass is 251 g/mol. The first kappa shape index (κ1) is 15.0. The second-order valence-electron chi connectivity index (χ2n) is 4.72. The van der Waals surface area contributed by atoms with Crippen molar-refractivity contribution in [2.75, 3.05) is 11.9 Å². The standard InChI is InChI=1S/C15H25NO2/c1-2-3-4-8-11-14(15(18)12-17)16-13-9-6-5-7-10-13/h5-7,9-10,14-18H,2-4,8,11-12H2,1H3. The maximum atomic E-state index is 9.82. The Morgan fingerprint density at radius 1 is 1.11 bits per heavy atom. The van der Waals surface area contributed by atoms with Gasteiger partial charge in [-0.15, -0.1) is 0 Å². The van der Waals surface area contributed by atoms with Crippen LogP contribution in [-0.4, -0.2) is 29.0 Å². The number of para-hydroxylation sites is 1. The molecule has 0 bridgehead atoms. The summed E-state index contributed by atoms with van der Waals surface area (Å²) in [6.45, 7) is 1.99. The van der Waals surface area contributed by atoms with Crippen molar-refractivity contribution in [2.45, 2.75) is 51.2 Å². The van der Waals surface area contributed by atoms with Gasteiger partial charge in [0.25, 0.3) is 0 Å². The Hall–Kier alpha value is -1.06. The van der Waals surface area contributed by atoms with Crippen molar-refractivity contribution >= 4 is 5.69 Å². The Kier molecular flexibility index (Phi) is 7.46. The van der Waals surface area contributed by atoms with E-state index in [0.717, 1.165) is 18.5 Å². The van der Waals surface area contributed by atoms with Gasteiger partial charge in [0, 0.05) is 5.69 Å². The van der Waals surface area contributed by atoms with Crippen molar-refractivity contribution in [3.05, 3.63) is 30.3 Å². The van der Waals surface area contributed by atoms with Crippen LogP contribution in [0.1, 0.15) is 39.0 Å². The topological polar surface area (TPSA) is 52.5 Å². The van der Waals surface area contributed by atoms with Gasteiger partial charge in [0.2, 0.25) is 0 Å². The highest BCUT2D eigenvalue weighted by Gasteiger charge is 2.17. The molecule has 0 aliphatic carbocycles. The van der Waals surface area contributed by atoms with E-state index in [1.165, 1.54) is 19.3 Å². The molecule has 1 rings (SSSR count). The summed E-state index contributed by atoms with van der Waals surface area (Å²) in [5.41, 5.74) is 0.991. The molecule has 0 aromatic heterocycles. The summed E-state index contributed by atoms with van der Waals surface area (Å²) < 4.78 is 0. The quantitative estimate of drug-likeness (QED) is 0.592. The van der Waals surface area contributed by atoms with E-state index in [1.807, 2.05) is 30.3 Å². The molecule has 3 heteroatoms. The van der Waals surface area contributed by atoms with E-state index in [-0.39, 0.29) is 12.6 Å². The molecular formula is C15H25NO2. The minimum absolute atomic E-state index is 0.0748. The molecule has 0 amide bonds. The van der Waals surface area contributed by atoms with Crippen molar-refractivity contribution in [1.82, 2.24) is 0 Å². The van der Waals surface area contributed by atoms with Crippen LogP contribution >= 0.6 is 0 Å². The van der Waals surface area contributed by atoms with Gasteiger partial charge in [0.05, 0.1) is 18.8 Å². The summed E-state index contributed by atoms with van der Waals surface area (Å²) in [6.07, 6.45) is 4.88. The lowest BCUT2D eigenvalue weighted by Crippen LogP contribution is -2.36. The zero-order valence-electron chi connectivity index (χ0n) is 11.2. The van der Waals surface area contributed by atoms with Crippen LogP contribution in [0.5, 0.6) is 0 Å². The molecule has 3 nitrogen and oxygen atoms in total. The molecular weight excluding hydrogens is 226 g/mol. The second-order valence-corrected chi connectivity index (χ2v) is 4.72.